The van der Waals surface area contributed by atoms with Gasteiger partial charge in [0.25, 0.3) is 0 Å². The van der Waals surface area contributed by atoms with E-state index in [0.29, 0.717) is 17.1 Å². The van der Waals surface area contributed by atoms with E-state index >= 15 is 0 Å². The van der Waals surface area contributed by atoms with Crippen molar-refractivity contribution in [3.8, 4) is 0 Å². The van der Waals surface area contributed by atoms with E-state index in [1.54, 1.807) is 19.1 Å². The monoisotopic (exact) mass is 451 g/mol. The van der Waals surface area contributed by atoms with Gasteiger partial charge in [-0.05, 0) is 43.2 Å². The van der Waals surface area contributed by atoms with Crippen molar-refractivity contribution in [1.29, 1.82) is 0 Å². The van der Waals surface area contributed by atoms with Crippen molar-refractivity contribution in [3.05, 3.63) is 65.2 Å². The fourth-order valence-corrected chi connectivity index (χ4v) is 3.98. The summed E-state index contributed by atoms with van der Waals surface area (Å²) >= 11 is 5.89. The molecule has 0 unspecified atom stereocenters. The molecule has 0 bridgehead atoms. The molecule has 1 N–H and O–H groups in total. The molecule has 0 saturated carbocycles. The van der Waals surface area contributed by atoms with Crippen LogP contribution in [0.1, 0.15) is 12.5 Å². The van der Waals surface area contributed by atoms with E-state index in [9.17, 15) is 18.0 Å². The predicted molar refractivity (Wildman–Crippen MR) is 119 cm³/mol. The molecule has 0 heterocycles. The van der Waals surface area contributed by atoms with Crippen molar-refractivity contribution in [2.45, 2.75) is 19.4 Å². The van der Waals surface area contributed by atoms with E-state index in [4.69, 9.17) is 11.6 Å². The topological polar surface area (TPSA) is 86.8 Å². The average Bonchev–Trinajstić information content (AvgIpc) is 2.72. The predicted octanol–water partition coefficient (Wildman–Crippen LogP) is 2.31. The van der Waals surface area contributed by atoms with Gasteiger partial charge in [-0.1, -0.05) is 41.9 Å². The molecule has 2 aromatic rings. The lowest BCUT2D eigenvalue weighted by atomic mass is 10.1. The Morgan fingerprint density at radius 2 is 1.67 bits per heavy atom. The van der Waals surface area contributed by atoms with Gasteiger partial charge in [0.15, 0.2) is 0 Å². The molecule has 0 aliphatic heterocycles. The Labute approximate surface area is 182 Å². The highest BCUT2D eigenvalue weighted by Crippen LogP contribution is 2.21. The van der Waals surface area contributed by atoms with Crippen molar-refractivity contribution < 1.29 is 18.0 Å². The number of anilines is 1. The van der Waals surface area contributed by atoms with Crippen LogP contribution >= 0.6 is 11.6 Å². The number of sulfonamides is 1. The SMILES string of the molecule is CNC(=O)[C@@H](C)N(CCc1ccccc1)C(=O)CN(c1ccc(Cl)cc1)S(C)(=O)=O. The van der Waals surface area contributed by atoms with Gasteiger partial charge in [-0.2, -0.15) is 0 Å². The Balaban J connectivity index is 2.27. The molecule has 9 heteroatoms. The van der Waals surface area contributed by atoms with Gasteiger partial charge >= 0.3 is 0 Å². The van der Waals surface area contributed by atoms with E-state index < -0.39 is 28.5 Å². The van der Waals surface area contributed by atoms with Crippen molar-refractivity contribution in [2.24, 2.45) is 0 Å². The first kappa shape index (κ1) is 23.7. The summed E-state index contributed by atoms with van der Waals surface area (Å²) in [5, 5.41) is 3.00. The lowest BCUT2D eigenvalue weighted by Gasteiger charge is -2.31. The smallest absolute Gasteiger partial charge is 0.244 e. The standard InChI is InChI=1S/C21H26ClN3O4S/c1-16(21(27)23-2)24(14-13-17-7-5-4-6-8-17)20(26)15-25(30(3,28)29)19-11-9-18(22)10-12-19/h4-12,16H,13-15H2,1-3H3,(H,23,27)/t16-/m1/s1. The number of hydrogen-bond donors (Lipinski definition) is 1. The van der Waals surface area contributed by atoms with Gasteiger partial charge in [-0.15, -0.1) is 0 Å². The third kappa shape index (κ3) is 6.47. The lowest BCUT2D eigenvalue weighted by Crippen LogP contribution is -2.51. The molecule has 1 atom stereocenters. The van der Waals surface area contributed by atoms with Gasteiger partial charge in [0.2, 0.25) is 21.8 Å². The second-order valence-electron chi connectivity index (χ2n) is 6.86. The minimum atomic E-state index is -3.74. The summed E-state index contributed by atoms with van der Waals surface area (Å²) in [6.07, 6.45) is 1.57. The summed E-state index contributed by atoms with van der Waals surface area (Å²) < 4.78 is 25.7. The summed E-state index contributed by atoms with van der Waals surface area (Å²) in [7, 11) is -2.24. The summed E-state index contributed by atoms with van der Waals surface area (Å²) in [5.41, 5.74) is 1.34. The van der Waals surface area contributed by atoms with E-state index in [1.165, 1.54) is 24.1 Å². The van der Waals surface area contributed by atoms with Gasteiger partial charge in [-0.3, -0.25) is 13.9 Å². The van der Waals surface area contributed by atoms with Crippen molar-refractivity contribution in [1.82, 2.24) is 10.2 Å². The highest BCUT2D eigenvalue weighted by Gasteiger charge is 2.29. The fraction of sp³-hybridized carbons (Fsp3) is 0.333. The maximum atomic E-state index is 13.1. The average molecular weight is 452 g/mol. The molecule has 0 spiro atoms. The third-order valence-electron chi connectivity index (χ3n) is 4.69. The summed E-state index contributed by atoms with van der Waals surface area (Å²) in [6, 6.07) is 15.0. The Hall–Kier alpha value is -2.58. The zero-order valence-electron chi connectivity index (χ0n) is 17.2. The molecule has 0 saturated heterocycles. The molecule has 0 aliphatic rings. The van der Waals surface area contributed by atoms with Gasteiger partial charge in [0, 0.05) is 18.6 Å². The summed E-state index contributed by atoms with van der Waals surface area (Å²) in [4.78, 5) is 26.7. The van der Waals surface area contributed by atoms with Crippen molar-refractivity contribution in [2.75, 3.05) is 30.7 Å². The number of nitrogens with one attached hydrogen (secondary N) is 1. The fourth-order valence-electron chi connectivity index (χ4n) is 3.00. The molecule has 0 aliphatic carbocycles. The zero-order chi connectivity index (χ0) is 22.3. The van der Waals surface area contributed by atoms with Gasteiger partial charge in [0.05, 0.1) is 11.9 Å². The quantitative estimate of drug-likeness (QED) is 0.633. The van der Waals surface area contributed by atoms with E-state index in [0.717, 1.165) is 16.1 Å². The zero-order valence-corrected chi connectivity index (χ0v) is 18.8. The van der Waals surface area contributed by atoms with Crippen LogP contribution < -0.4 is 9.62 Å². The van der Waals surface area contributed by atoms with Crippen LogP contribution in [0.5, 0.6) is 0 Å². The Kier molecular flexibility index (Phi) is 8.25. The van der Waals surface area contributed by atoms with Gasteiger partial charge in [0.1, 0.15) is 12.6 Å². The first-order valence-corrected chi connectivity index (χ1v) is 11.6. The number of benzene rings is 2. The normalized spacial score (nSPS) is 12.1. The number of halogens is 1. The third-order valence-corrected chi connectivity index (χ3v) is 6.08. The number of rotatable bonds is 9. The van der Waals surface area contributed by atoms with Crippen LogP contribution in [-0.4, -0.2) is 57.6 Å². The molecule has 0 aromatic heterocycles. The lowest BCUT2D eigenvalue weighted by molar-refractivity contribution is -0.138. The maximum Gasteiger partial charge on any atom is 0.244 e. The number of likely N-dealkylation sites (N-methyl/N-ethyl adjacent to an activating group) is 1. The van der Waals surface area contributed by atoms with Crippen molar-refractivity contribution in [3.63, 3.8) is 0 Å². The van der Waals surface area contributed by atoms with Gasteiger partial charge < -0.3 is 10.2 Å². The van der Waals surface area contributed by atoms with E-state index in [2.05, 4.69) is 5.32 Å². The maximum absolute atomic E-state index is 13.1. The highest BCUT2D eigenvalue weighted by atomic mass is 35.5. The first-order chi connectivity index (χ1) is 14.1. The van der Waals surface area contributed by atoms with Crippen LogP contribution in [0.4, 0.5) is 5.69 Å². The van der Waals surface area contributed by atoms with E-state index in [-0.39, 0.29) is 12.5 Å². The van der Waals surface area contributed by atoms with Crippen LogP contribution in [0.2, 0.25) is 5.02 Å². The Morgan fingerprint density at radius 3 is 2.20 bits per heavy atom. The second kappa shape index (κ2) is 10.4. The molecule has 30 heavy (non-hydrogen) atoms. The minimum absolute atomic E-state index is 0.273. The summed E-state index contributed by atoms with van der Waals surface area (Å²) in [5.74, 6) is -0.795. The molecule has 2 rings (SSSR count). The van der Waals surface area contributed by atoms with Crippen LogP contribution in [-0.2, 0) is 26.0 Å². The number of amides is 2. The molecule has 2 amide bonds. The number of carbonyl (C=O) groups excluding carboxylic acids is 2. The Bertz CT molecular complexity index is 966. The van der Waals surface area contributed by atoms with Gasteiger partial charge in [-0.25, -0.2) is 8.42 Å². The highest BCUT2D eigenvalue weighted by molar-refractivity contribution is 7.92. The van der Waals surface area contributed by atoms with Crippen LogP contribution in [0, 0.1) is 0 Å². The first-order valence-electron chi connectivity index (χ1n) is 9.41. The molecular formula is C21H26ClN3O4S. The number of hydrogen-bond acceptors (Lipinski definition) is 4. The summed E-state index contributed by atoms with van der Waals surface area (Å²) in [6.45, 7) is 1.47. The number of carbonyl (C=O) groups is 2. The minimum Gasteiger partial charge on any atom is -0.357 e. The molecule has 0 fully saturated rings. The van der Waals surface area contributed by atoms with E-state index in [1.807, 2.05) is 30.3 Å². The largest absolute Gasteiger partial charge is 0.357 e. The number of nitrogens with zero attached hydrogens (tertiary/aromatic N) is 2. The molecule has 0 radical (unpaired) electrons. The second-order valence-corrected chi connectivity index (χ2v) is 9.20. The van der Waals surface area contributed by atoms with Crippen LogP contribution in [0.25, 0.3) is 0 Å². The molecule has 162 valence electrons. The molecular weight excluding hydrogens is 426 g/mol. The molecule has 2 aromatic carbocycles. The van der Waals surface area contributed by atoms with Crippen molar-refractivity contribution >= 4 is 39.1 Å². The van der Waals surface area contributed by atoms with Crippen LogP contribution in [0.15, 0.2) is 54.6 Å². The van der Waals surface area contributed by atoms with Crippen LogP contribution in [0.3, 0.4) is 0 Å². The molecule has 7 nitrogen and oxygen atoms in total. The Morgan fingerprint density at radius 1 is 1.07 bits per heavy atom.